The van der Waals surface area contributed by atoms with Crippen LogP contribution in [0.4, 0.5) is 5.69 Å². The zero-order valence-corrected chi connectivity index (χ0v) is 16.9. The van der Waals surface area contributed by atoms with Crippen LogP contribution in [0.15, 0.2) is 48.7 Å². The Balaban J connectivity index is 1.44. The lowest BCUT2D eigenvalue weighted by Gasteiger charge is -2.07. The van der Waals surface area contributed by atoms with Crippen molar-refractivity contribution in [2.24, 2.45) is 0 Å². The molecule has 158 valence electrons. The van der Waals surface area contributed by atoms with Gasteiger partial charge in [0.2, 0.25) is 5.91 Å². The highest BCUT2D eigenvalue weighted by atomic mass is 16.5. The molecule has 0 aliphatic carbocycles. The second-order valence-corrected chi connectivity index (χ2v) is 7.45. The third kappa shape index (κ3) is 5.84. The van der Waals surface area contributed by atoms with Gasteiger partial charge in [0.1, 0.15) is 0 Å². The number of aromatic nitrogens is 1. The molecule has 1 heterocycles. The largest absolute Gasteiger partial charge is 0.399 e. The van der Waals surface area contributed by atoms with Gasteiger partial charge in [-0.2, -0.15) is 0 Å². The minimum atomic E-state index is -0.361. The molecule has 3 rings (SSSR count). The van der Waals surface area contributed by atoms with Gasteiger partial charge in [-0.15, -0.1) is 0 Å². The van der Waals surface area contributed by atoms with E-state index in [2.05, 4.69) is 10.3 Å². The number of unbranched alkanes of at least 4 members (excludes halogenated alkanes) is 3. The lowest BCUT2D eigenvalue weighted by atomic mass is 10.0. The Labute approximate surface area is 175 Å². The van der Waals surface area contributed by atoms with Crippen molar-refractivity contribution in [3.8, 4) is 0 Å². The predicted octanol–water partition coefficient (Wildman–Crippen LogP) is 3.53. The van der Waals surface area contributed by atoms with Gasteiger partial charge in [-0.1, -0.05) is 25.0 Å². The Kier molecular flexibility index (Phi) is 7.45. The van der Waals surface area contributed by atoms with Crippen LogP contribution < -0.4 is 16.5 Å². The fourth-order valence-corrected chi connectivity index (χ4v) is 3.46. The minimum absolute atomic E-state index is 0.0823. The summed E-state index contributed by atoms with van der Waals surface area (Å²) in [5.41, 5.74) is 12.3. The van der Waals surface area contributed by atoms with E-state index in [1.54, 1.807) is 5.48 Å². The van der Waals surface area contributed by atoms with Gasteiger partial charge in [0.15, 0.2) is 0 Å². The van der Waals surface area contributed by atoms with Crippen molar-refractivity contribution in [2.45, 2.75) is 38.5 Å². The highest BCUT2D eigenvalue weighted by Crippen LogP contribution is 2.23. The minimum Gasteiger partial charge on any atom is -0.399 e. The number of aromatic amines is 1. The topological polar surface area (TPSA) is 120 Å². The van der Waals surface area contributed by atoms with Gasteiger partial charge in [0.05, 0.1) is 0 Å². The van der Waals surface area contributed by atoms with Crippen LogP contribution in [0.2, 0.25) is 0 Å². The highest BCUT2D eigenvalue weighted by molar-refractivity contribution is 5.94. The van der Waals surface area contributed by atoms with Crippen LogP contribution in [0, 0.1) is 0 Å². The van der Waals surface area contributed by atoms with E-state index in [0.29, 0.717) is 18.5 Å². The summed E-state index contributed by atoms with van der Waals surface area (Å²) in [6, 6.07) is 13.5. The molecular weight excluding hydrogens is 380 g/mol. The third-order valence-corrected chi connectivity index (χ3v) is 5.14. The Morgan fingerprint density at radius 1 is 1.00 bits per heavy atom. The molecule has 0 atom stereocenters. The summed E-state index contributed by atoms with van der Waals surface area (Å²) in [6.45, 7) is 0.601. The second-order valence-electron chi connectivity index (χ2n) is 7.45. The summed E-state index contributed by atoms with van der Waals surface area (Å²) < 4.78 is 0. The van der Waals surface area contributed by atoms with Crippen LogP contribution in [0.25, 0.3) is 10.9 Å². The van der Waals surface area contributed by atoms with Gasteiger partial charge in [-0.05, 0) is 60.7 Å². The fraction of sp³-hybridized carbons (Fsp3) is 0.304. The molecule has 1 aromatic heterocycles. The van der Waals surface area contributed by atoms with Crippen molar-refractivity contribution in [2.75, 3.05) is 12.3 Å². The van der Waals surface area contributed by atoms with Gasteiger partial charge in [-0.25, -0.2) is 5.48 Å². The number of benzene rings is 2. The van der Waals surface area contributed by atoms with Crippen LogP contribution in [0.5, 0.6) is 0 Å². The van der Waals surface area contributed by atoms with E-state index in [0.717, 1.165) is 54.3 Å². The number of nitrogen functional groups attached to an aromatic ring is 1. The summed E-state index contributed by atoms with van der Waals surface area (Å²) in [6.07, 6.45) is 6.48. The van der Waals surface area contributed by atoms with E-state index in [1.165, 1.54) is 5.56 Å². The highest BCUT2D eigenvalue weighted by Gasteiger charge is 2.08. The lowest BCUT2D eigenvalue weighted by molar-refractivity contribution is -0.129. The number of anilines is 1. The average Bonchev–Trinajstić information content (AvgIpc) is 3.15. The molecule has 2 amide bonds. The first-order chi connectivity index (χ1) is 14.6. The molecule has 30 heavy (non-hydrogen) atoms. The summed E-state index contributed by atoms with van der Waals surface area (Å²) in [5, 5.41) is 12.5. The van der Waals surface area contributed by atoms with Gasteiger partial charge in [0, 0.05) is 41.3 Å². The van der Waals surface area contributed by atoms with E-state index in [1.807, 2.05) is 48.7 Å². The molecule has 0 fully saturated rings. The number of amides is 2. The monoisotopic (exact) mass is 408 g/mol. The quantitative estimate of drug-likeness (QED) is 0.152. The predicted molar refractivity (Wildman–Crippen MR) is 117 cm³/mol. The molecule has 0 saturated heterocycles. The molecule has 0 saturated carbocycles. The maximum absolute atomic E-state index is 12.3. The van der Waals surface area contributed by atoms with E-state index in [-0.39, 0.29) is 11.8 Å². The van der Waals surface area contributed by atoms with Crippen LogP contribution in [-0.4, -0.2) is 28.6 Å². The van der Waals surface area contributed by atoms with Crippen LogP contribution >= 0.6 is 0 Å². The van der Waals surface area contributed by atoms with E-state index in [4.69, 9.17) is 10.9 Å². The molecule has 0 bridgehead atoms. The maximum atomic E-state index is 12.3. The van der Waals surface area contributed by atoms with Gasteiger partial charge in [0.25, 0.3) is 5.91 Å². The number of carbonyl (C=O) groups excluding carboxylic acids is 2. The summed E-state index contributed by atoms with van der Waals surface area (Å²) in [7, 11) is 0. The van der Waals surface area contributed by atoms with Crippen molar-refractivity contribution in [3.05, 3.63) is 65.4 Å². The number of hydroxylamine groups is 1. The third-order valence-electron chi connectivity index (χ3n) is 5.14. The fourth-order valence-electron chi connectivity index (χ4n) is 3.46. The average molecular weight is 409 g/mol. The molecule has 6 N–H and O–H groups in total. The van der Waals surface area contributed by atoms with Crippen LogP contribution in [0.3, 0.4) is 0 Å². The standard InChI is InChI=1S/C23H28N4O3/c24-19-10-11-21-20(14-19)18(15-26-21)13-16-6-8-17(9-7-16)23(29)25-12-4-2-1-3-5-22(28)27-30/h6-11,14-15,26,30H,1-5,12-13,24H2,(H,25,29)(H,27,28). The normalized spacial score (nSPS) is 10.8. The van der Waals surface area contributed by atoms with E-state index < -0.39 is 0 Å². The molecule has 0 aliphatic heterocycles. The number of hydrogen-bond acceptors (Lipinski definition) is 4. The molecule has 0 unspecified atom stereocenters. The Morgan fingerprint density at radius 2 is 1.77 bits per heavy atom. The number of fused-ring (bicyclic) bond motifs is 1. The van der Waals surface area contributed by atoms with Gasteiger partial charge in [-0.3, -0.25) is 14.8 Å². The van der Waals surface area contributed by atoms with E-state index in [9.17, 15) is 9.59 Å². The van der Waals surface area contributed by atoms with Gasteiger partial charge >= 0.3 is 0 Å². The first kappa shape index (κ1) is 21.4. The maximum Gasteiger partial charge on any atom is 0.251 e. The number of hydrogen-bond donors (Lipinski definition) is 5. The first-order valence-electron chi connectivity index (χ1n) is 10.2. The van der Waals surface area contributed by atoms with Gasteiger partial charge < -0.3 is 16.0 Å². The number of nitrogens with two attached hydrogens (primary N) is 1. The summed E-state index contributed by atoms with van der Waals surface area (Å²) in [4.78, 5) is 26.5. The van der Waals surface area contributed by atoms with Crippen molar-refractivity contribution in [3.63, 3.8) is 0 Å². The second kappa shape index (κ2) is 10.5. The molecule has 7 heteroatoms. The number of rotatable bonds is 10. The van der Waals surface area contributed by atoms with Crippen molar-refractivity contribution in [1.82, 2.24) is 15.8 Å². The summed E-state index contributed by atoms with van der Waals surface area (Å²) in [5.74, 6) is -0.443. The van der Waals surface area contributed by atoms with Crippen molar-refractivity contribution < 1.29 is 14.8 Å². The first-order valence-corrected chi connectivity index (χ1v) is 10.2. The molecule has 7 nitrogen and oxygen atoms in total. The van der Waals surface area contributed by atoms with Crippen molar-refractivity contribution in [1.29, 1.82) is 0 Å². The molecule has 2 aromatic carbocycles. The molecular formula is C23H28N4O3. The zero-order chi connectivity index (χ0) is 21.3. The molecule has 0 radical (unpaired) electrons. The SMILES string of the molecule is Nc1ccc2[nH]cc(Cc3ccc(C(=O)NCCCCCCC(=O)NO)cc3)c2c1. The summed E-state index contributed by atoms with van der Waals surface area (Å²) >= 11 is 0. The van der Waals surface area contributed by atoms with Crippen LogP contribution in [-0.2, 0) is 11.2 Å². The number of nitrogens with one attached hydrogen (secondary N) is 3. The molecule has 0 spiro atoms. The Hall–Kier alpha value is -3.32. The lowest BCUT2D eigenvalue weighted by Crippen LogP contribution is -2.24. The Bertz CT molecular complexity index is 995. The van der Waals surface area contributed by atoms with Crippen LogP contribution in [0.1, 0.15) is 53.6 Å². The van der Waals surface area contributed by atoms with E-state index >= 15 is 0 Å². The number of H-pyrrole nitrogens is 1. The van der Waals surface area contributed by atoms with Crippen molar-refractivity contribution >= 4 is 28.4 Å². The Morgan fingerprint density at radius 3 is 2.53 bits per heavy atom. The number of carbonyl (C=O) groups is 2. The zero-order valence-electron chi connectivity index (χ0n) is 16.9. The molecule has 0 aliphatic rings. The molecule has 3 aromatic rings. The smallest absolute Gasteiger partial charge is 0.251 e.